The van der Waals surface area contributed by atoms with E-state index in [0.717, 1.165) is 6.07 Å². The Morgan fingerprint density at radius 1 is 1.55 bits per heavy atom. The lowest BCUT2D eigenvalue weighted by Crippen LogP contribution is -2.40. The van der Waals surface area contributed by atoms with Crippen molar-refractivity contribution >= 4 is 29.2 Å². The number of carbonyl (C=O) groups is 2. The Hall–Kier alpha value is -1.86. The second-order valence-electron chi connectivity index (χ2n) is 4.96. The molecule has 1 aliphatic heterocycles. The van der Waals surface area contributed by atoms with Crippen LogP contribution < -0.4 is 10.6 Å². The number of benzene rings is 1. The van der Waals surface area contributed by atoms with E-state index in [1.54, 1.807) is 12.0 Å². The van der Waals surface area contributed by atoms with Gasteiger partial charge in [-0.3, -0.25) is 4.79 Å². The predicted octanol–water partition coefficient (Wildman–Crippen LogP) is 1.85. The van der Waals surface area contributed by atoms with Crippen molar-refractivity contribution in [2.45, 2.75) is 12.5 Å². The second-order valence-corrected chi connectivity index (χ2v) is 5.39. The normalized spacial score (nSPS) is 17.7. The first-order valence-electron chi connectivity index (χ1n) is 6.79. The lowest BCUT2D eigenvalue weighted by molar-refractivity contribution is -0.128. The summed E-state index contributed by atoms with van der Waals surface area (Å²) >= 11 is 5.64. The van der Waals surface area contributed by atoms with Gasteiger partial charge >= 0.3 is 6.03 Å². The molecule has 0 aliphatic carbocycles. The Labute approximate surface area is 132 Å². The number of likely N-dealkylation sites (tertiary alicyclic amines) is 1. The van der Waals surface area contributed by atoms with Crippen molar-refractivity contribution in [3.05, 3.63) is 29.0 Å². The number of methoxy groups -OCH3 is 1. The summed E-state index contributed by atoms with van der Waals surface area (Å²) in [6, 6.07) is 3.10. The second kappa shape index (κ2) is 7.42. The Balaban J connectivity index is 1.86. The van der Waals surface area contributed by atoms with Crippen LogP contribution in [0.4, 0.5) is 14.9 Å². The van der Waals surface area contributed by atoms with Crippen LogP contribution in [0, 0.1) is 5.82 Å². The fraction of sp³-hybridized carbons (Fsp3) is 0.429. The van der Waals surface area contributed by atoms with E-state index in [1.807, 2.05) is 0 Å². The summed E-state index contributed by atoms with van der Waals surface area (Å²) in [5.41, 5.74) is 0.0301. The average Bonchev–Trinajstić information content (AvgIpc) is 2.79. The molecule has 0 unspecified atom stereocenters. The average molecular weight is 330 g/mol. The number of nitrogens with one attached hydrogen (secondary N) is 2. The number of anilines is 1. The lowest BCUT2D eigenvalue weighted by Gasteiger charge is -2.16. The van der Waals surface area contributed by atoms with Crippen molar-refractivity contribution in [1.82, 2.24) is 10.2 Å². The van der Waals surface area contributed by atoms with Gasteiger partial charge in [-0.1, -0.05) is 11.6 Å². The highest BCUT2D eigenvalue weighted by molar-refractivity contribution is 6.30. The molecule has 22 heavy (non-hydrogen) atoms. The number of nitrogens with zero attached hydrogens (tertiary/aromatic N) is 1. The number of hydrogen-bond donors (Lipinski definition) is 2. The maximum absolute atomic E-state index is 13.6. The quantitative estimate of drug-likeness (QED) is 0.866. The first kappa shape index (κ1) is 16.5. The Morgan fingerprint density at radius 3 is 3.00 bits per heavy atom. The van der Waals surface area contributed by atoms with E-state index in [1.165, 1.54) is 12.1 Å². The number of carbonyl (C=O) groups excluding carboxylic acids is 2. The lowest BCUT2D eigenvalue weighted by atomic mass is 10.2. The van der Waals surface area contributed by atoms with Crippen molar-refractivity contribution < 1.29 is 18.7 Å². The number of ether oxygens (including phenoxy) is 1. The number of urea groups is 1. The molecule has 1 saturated heterocycles. The molecule has 1 aliphatic rings. The summed E-state index contributed by atoms with van der Waals surface area (Å²) in [5.74, 6) is -0.660. The molecule has 0 aromatic heterocycles. The molecule has 8 heteroatoms. The summed E-state index contributed by atoms with van der Waals surface area (Å²) in [5, 5.41) is 5.30. The van der Waals surface area contributed by atoms with Gasteiger partial charge in [-0.05, 0) is 18.2 Å². The molecule has 1 fully saturated rings. The molecule has 1 atom stereocenters. The minimum atomic E-state index is -0.619. The molecule has 120 valence electrons. The minimum absolute atomic E-state index is 0.0301. The molecule has 3 amide bonds. The first-order valence-corrected chi connectivity index (χ1v) is 7.16. The van der Waals surface area contributed by atoms with Gasteiger partial charge in [0.1, 0.15) is 5.82 Å². The monoisotopic (exact) mass is 329 g/mol. The van der Waals surface area contributed by atoms with Crippen LogP contribution in [0.5, 0.6) is 0 Å². The summed E-state index contributed by atoms with van der Waals surface area (Å²) < 4.78 is 18.5. The standard InChI is InChI=1S/C14H17ClFN3O3/c1-22-5-4-19-8-10(7-13(19)20)17-14(21)18-12-3-2-9(15)6-11(12)16/h2-3,6,10H,4-5,7-8H2,1H3,(H2,17,18,21)/t10-/m0/s1. The molecule has 1 aromatic rings. The predicted molar refractivity (Wildman–Crippen MR) is 80.4 cm³/mol. The highest BCUT2D eigenvalue weighted by Gasteiger charge is 2.30. The van der Waals surface area contributed by atoms with Gasteiger partial charge in [-0.15, -0.1) is 0 Å². The molecule has 0 spiro atoms. The molecule has 2 N–H and O–H groups in total. The highest BCUT2D eigenvalue weighted by Crippen LogP contribution is 2.19. The maximum Gasteiger partial charge on any atom is 0.319 e. The highest BCUT2D eigenvalue weighted by atomic mass is 35.5. The largest absolute Gasteiger partial charge is 0.383 e. The third-order valence-corrected chi connectivity index (χ3v) is 3.53. The summed E-state index contributed by atoms with van der Waals surface area (Å²) in [6.07, 6.45) is 0.222. The van der Waals surface area contributed by atoms with E-state index in [9.17, 15) is 14.0 Å². The first-order chi connectivity index (χ1) is 10.5. The van der Waals surface area contributed by atoms with Crippen LogP contribution in [0.3, 0.4) is 0 Å². The van der Waals surface area contributed by atoms with Crippen LogP contribution in [-0.4, -0.2) is 49.7 Å². The van der Waals surface area contributed by atoms with Crippen molar-refractivity contribution in [3.8, 4) is 0 Å². The van der Waals surface area contributed by atoms with Crippen molar-refractivity contribution in [3.63, 3.8) is 0 Å². The molecule has 6 nitrogen and oxygen atoms in total. The van der Waals surface area contributed by atoms with E-state index >= 15 is 0 Å². The smallest absolute Gasteiger partial charge is 0.319 e. The number of halogens is 2. The van der Waals surface area contributed by atoms with Crippen molar-refractivity contribution in [2.75, 3.05) is 32.1 Å². The van der Waals surface area contributed by atoms with E-state index in [4.69, 9.17) is 16.3 Å². The van der Waals surface area contributed by atoms with Crippen LogP contribution in [0.15, 0.2) is 18.2 Å². The topological polar surface area (TPSA) is 70.7 Å². The van der Waals surface area contributed by atoms with E-state index < -0.39 is 11.8 Å². The fourth-order valence-corrected chi connectivity index (χ4v) is 2.38. The van der Waals surface area contributed by atoms with Crippen LogP contribution in [0.1, 0.15) is 6.42 Å². The van der Waals surface area contributed by atoms with Gasteiger partial charge in [0, 0.05) is 31.6 Å². The Bertz CT molecular complexity index is 570. The van der Waals surface area contributed by atoms with E-state index in [2.05, 4.69) is 10.6 Å². The molecule has 0 saturated carbocycles. The van der Waals surface area contributed by atoms with Gasteiger partial charge in [0.05, 0.1) is 18.3 Å². The fourth-order valence-electron chi connectivity index (χ4n) is 2.22. The van der Waals surface area contributed by atoms with Gasteiger partial charge in [-0.25, -0.2) is 9.18 Å². The van der Waals surface area contributed by atoms with E-state index in [-0.39, 0.29) is 29.1 Å². The van der Waals surface area contributed by atoms with Crippen LogP contribution in [0.2, 0.25) is 5.02 Å². The van der Waals surface area contributed by atoms with Crippen molar-refractivity contribution in [1.29, 1.82) is 0 Å². The molecular formula is C14H17ClFN3O3. The Kier molecular flexibility index (Phi) is 5.57. The van der Waals surface area contributed by atoms with Crippen LogP contribution in [-0.2, 0) is 9.53 Å². The summed E-state index contributed by atoms with van der Waals surface area (Å²) in [4.78, 5) is 25.2. The van der Waals surface area contributed by atoms with Gasteiger partial charge < -0.3 is 20.3 Å². The molecular weight excluding hydrogens is 313 g/mol. The van der Waals surface area contributed by atoms with Crippen LogP contribution in [0.25, 0.3) is 0 Å². The van der Waals surface area contributed by atoms with Crippen LogP contribution >= 0.6 is 11.6 Å². The third-order valence-electron chi connectivity index (χ3n) is 3.29. The zero-order valence-corrected chi connectivity index (χ0v) is 12.8. The molecule has 0 bridgehead atoms. The molecule has 2 rings (SSSR count). The number of rotatable bonds is 5. The Morgan fingerprint density at radius 2 is 2.32 bits per heavy atom. The SMILES string of the molecule is COCCN1C[C@@H](NC(=O)Nc2ccc(Cl)cc2F)CC1=O. The van der Waals surface area contributed by atoms with Gasteiger partial charge in [0.15, 0.2) is 0 Å². The molecule has 0 radical (unpaired) electrons. The van der Waals surface area contributed by atoms with Gasteiger partial charge in [0.2, 0.25) is 5.91 Å². The molecule has 1 heterocycles. The number of hydrogen-bond acceptors (Lipinski definition) is 3. The number of amides is 3. The summed E-state index contributed by atoms with van der Waals surface area (Å²) in [7, 11) is 1.56. The minimum Gasteiger partial charge on any atom is -0.383 e. The van der Waals surface area contributed by atoms with Gasteiger partial charge in [0.25, 0.3) is 0 Å². The zero-order chi connectivity index (χ0) is 16.1. The third kappa shape index (κ3) is 4.32. The zero-order valence-electron chi connectivity index (χ0n) is 12.1. The van der Waals surface area contributed by atoms with Gasteiger partial charge in [-0.2, -0.15) is 0 Å². The summed E-state index contributed by atoms with van der Waals surface area (Å²) in [6.45, 7) is 1.35. The van der Waals surface area contributed by atoms with Crippen molar-refractivity contribution in [2.24, 2.45) is 0 Å². The maximum atomic E-state index is 13.6. The van der Waals surface area contributed by atoms with E-state index in [0.29, 0.717) is 19.7 Å². The molecule has 1 aromatic carbocycles.